The third kappa shape index (κ3) is 4.53. The summed E-state index contributed by atoms with van der Waals surface area (Å²) in [5.41, 5.74) is 1.24. The molecule has 0 unspecified atom stereocenters. The van der Waals surface area contributed by atoms with Crippen LogP contribution >= 0.6 is 0 Å². The number of pyridine rings is 1. The van der Waals surface area contributed by atoms with E-state index >= 15 is 0 Å². The number of aromatic nitrogens is 4. The van der Waals surface area contributed by atoms with Gasteiger partial charge in [-0.1, -0.05) is 30.3 Å². The van der Waals surface area contributed by atoms with Gasteiger partial charge in [-0.3, -0.25) is 14.1 Å². The van der Waals surface area contributed by atoms with Crippen LogP contribution in [0.3, 0.4) is 0 Å². The van der Waals surface area contributed by atoms with Crippen LogP contribution in [0.4, 0.5) is 0 Å². The van der Waals surface area contributed by atoms with E-state index in [4.69, 9.17) is 0 Å². The molecule has 0 bridgehead atoms. The smallest absolute Gasteiger partial charge is 0.282 e. The molecule has 0 spiro atoms. The zero-order valence-corrected chi connectivity index (χ0v) is 17.7. The Kier molecular flexibility index (Phi) is 5.52. The SMILES string of the molecule is O=S(=O)(O)c1cccc(-c2nnc(-c3ccccn3)nc2-c2cccc(S(=O)(=O)O)c2)c1. The molecule has 10 nitrogen and oxygen atoms in total. The molecule has 2 aromatic heterocycles. The molecule has 2 heterocycles. The molecule has 0 aliphatic carbocycles. The molecule has 0 saturated carbocycles. The van der Waals surface area contributed by atoms with Gasteiger partial charge in [0.1, 0.15) is 17.1 Å². The Morgan fingerprint density at radius 3 is 1.78 bits per heavy atom. The molecular weight excluding hydrogens is 456 g/mol. The van der Waals surface area contributed by atoms with E-state index < -0.39 is 20.2 Å². The predicted octanol–water partition coefficient (Wildman–Crippen LogP) is 2.76. The van der Waals surface area contributed by atoms with Crippen LogP contribution in [0, 0.1) is 0 Å². The molecular formula is C20H14N4O6S2. The fraction of sp³-hybridized carbons (Fsp3) is 0. The van der Waals surface area contributed by atoms with E-state index in [1.165, 1.54) is 42.5 Å². The largest absolute Gasteiger partial charge is 0.294 e. The van der Waals surface area contributed by atoms with Crippen LogP contribution in [0.5, 0.6) is 0 Å². The van der Waals surface area contributed by atoms with E-state index in [2.05, 4.69) is 20.2 Å². The average molecular weight is 470 g/mol. The van der Waals surface area contributed by atoms with Crippen LogP contribution in [-0.2, 0) is 20.2 Å². The van der Waals surface area contributed by atoms with Crippen molar-refractivity contribution in [3.8, 4) is 34.0 Å². The number of rotatable bonds is 5. The molecule has 12 heteroatoms. The molecule has 0 aliphatic heterocycles. The zero-order valence-electron chi connectivity index (χ0n) is 16.1. The van der Waals surface area contributed by atoms with Crippen molar-refractivity contribution in [2.45, 2.75) is 9.79 Å². The zero-order chi connectivity index (χ0) is 22.9. The second-order valence-corrected chi connectivity index (χ2v) is 9.40. The van der Waals surface area contributed by atoms with Crippen LogP contribution < -0.4 is 0 Å². The normalized spacial score (nSPS) is 11.9. The molecule has 162 valence electrons. The van der Waals surface area contributed by atoms with Crippen LogP contribution in [0.15, 0.2) is 82.7 Å². The maximum atomic E-state index is 11.6. The Morgan fingerprint density at radius 2 is 1.25 bits per heavy atom. The highest BCUT2D eigenvalue weighted by molar-refractivity contribution is 7.86. The quantitative estimate of drug-likeness (QED) is 0.415. The maximum absolute atomic E-state index is 11.6. The van der Waals surface area contributed by atoms with E-state index in [0.717, 1.165) is 0 Å². The van der Waals surface area contributed by atoms with E-state index in [-0.39, 0.29) is 38.1 Å². The molecule has 0 radical (unpaired) electrons. The van der Waals surface area contributed by atoms with Crippen molar-refractivity contribution in [1.29, 1.82) is 0 Å². The van der Waals surface area contributed by atoms with Crippen LogP contribution in [0.1, 0.15) is 0 Å². The van der Waals surface area contributed by atoms with Gasteiger partial charge in [-0.15, -0.1) is 10.2 Å². The van der Waals surface area contributed by atoms with Crippen LogP contribution in [0.2, 0.25) is 0 Å². The first-order valence-corrected chi connectivity index (χ1v) is 11.8. The topological polar surface area (TPSA) is 160 Å². The molecule has 0 aliphatic rings. The number of nitrogens with zero attached hydrogens (tertiary/aromatic N) is 4. The molecule has 32 heavy (non-hydrogen) atoms. The lowest BCUT2D eigenvalue weighted by atomic mass is 10.0. The second kappa shape index (κ2) is 8.16. The van der Waals surface area contributed by atoms with Crippen molar-refractivity contribution in [2.75, 3.05) is 0 Å². The van der Waals surface area contributed by atoms with E-state index in [1.807, 2.05) is 0 Å². The Balaban J connectivity index is 1.98. The van der Waals surface area contributed by atoms with Crippen LogP contribution in [0.25, 0.3) is 34.0 Å². The summed E-state index contributed by atoms with van der Waals surface area (Å²) in [6.45, 7) is 0. The van der Waals surface area contributed by atoms with Gasteiger partial charge in [0, 0.05) is 17.3 Å². The minimum absolute atomic E-state index is 0.127. The maximum Gasteiger partial charge on any atom is 0.294 e. The van der Waals surface area contributed by atoms with Gasteiger partial charge in [0.05, 0.1) is 9.79 Å². The van der Waals surface area contributed by atoms with Gasteiger partial charge in [-0.25, -0.2) is 4.98 Å². The number of benzene rings is 2. The monoisotopic (exact) mass is 470 g/mol. The predicted molar refractivity (Wildman–Crippen MR) is 114 cm³/mol. The minimum Gasteiger partial charge on any atom is -0.282 e. The Morgan fingerprint density at radius 1 is 0.656 bits per heavy atom. The standard InChI is InChI=1S/C20H14N4O6S2/c25-31(26,27)15-7-3-5-13(11-15)18-19(14-6-4-8-16(12-14)32(28,29)30)23-24-20(22-18)17-9-1-2-10-21-17/h1-12H,(H,25,26,27)(H,28,29,30). The van der Waals surface area contributed by atoms with Gasteiger partial charge >= 0.3 is 0 Å². The van der Waals surface area contributed by atoms with Gasteiger partial charge in [0.2, 0.25) is 5.82 Å². The fourth-order valence-electron chi connectivity index (χ4n) is 2.93. The summed E-state index contributed by atoms with van der Waals surface area (Å²) in [4.78, 5) is 7.94. The third-order valence-electron chi connectivity index (χ3n) is 4.39. The van der Waals surface area contributed by atoms with Crippen molar-refractivity contribution in [3.05, 3.63) is 72.9 Å². The van der Waals surface area contributed by atoms with Gasteiger partial charge in [0.25, 0.3) is 20.2 Å². The molecule has 2 aromatic carbocycles. The summed E-state index contributed by atoms with van der Waals surface area (Å²) in [7, 11) is -8.97. The Labute approximate surface area is 183 Å². The summed E-state index contributed by atoms with van der Waals surface area (Å²) in [5.74, 6) is 0.146. The van der Waals surface area contributed by atoms with Crippen LogP contribution in [-0.4, -0.2) is 46.1 Å². The molecule has 0 saturated heterocycles. The summed E-state index contributed by atoms with van der Waals surface area (Å²) < 4.78 is 65.2. The highest BCUT2D eigenvalue weighted by Gasteiger charge is 2.19. The molecule has 0 atom stereocenters. The average Bonchev–Trinajstić information content (AvgIpc) is 2.78. The van der Waals surface area contributed by atoms with Crippen molar-refractivity contribution in [2.24, 2.45) is 0 Å². The third-order valence-corrected chi connectivity index (χ3v) is 6.09. The van der Waals surface area contributed by atoms with Gasteiger partial charge in [-0.2, -0.15) is 16.8 Å². The van der Waals surface area contributed by atoms with E-state index in [9.17, 15) is 25.9 Å². The Bertz CT molecular complexity index is 1520. The lowest BCUT2D eigenvalue weighted by Gasteiger charge is -2.11. The first-order chi connectivity index (χ1) is 15.1. The second-order valence-electron chi connectivity index (χ2n) is 6.55. The molecule has 2 N–H and O–H groups in total. The van der Waals surface area contributed by atoms with Gasteiger partial charge in [-0.05, 0) is 36.4 Å². The summed E-state index contributed by atoms with van der Waals surface area (Å²) in [6.07, 6.45) is 1.54. The summed E-state index contributed by atoms with van der Waals surface area (Å²) in [5, 5.41) is 8.25. The number of hydrogen-bond acceptors (Lipinski definition) is 8. The van der Waals surface area contributed by atoms with Crippen molar-refractivity contribution < 1.29 is 25.9 Å². The lowest BCUT2D eigenvalue weighted by molar-refractivity contribution is 0.481. The number of hydrogen-bond donors (Lipinski definition) is 2. The first-order valence-electron chi connectivity index (χ1n) is 8.95. The van der Waals surface area contributed by atoms with Crippen molar-refractivity contribution in [1.82, 2.24) is 20.2 Å². The van der Waals surface area contributed by atoms with E-state index in [1.54, 1.807) is 30.5 Å². The highest BCUT2D eigenvalue weighted by atomic mass is 32.2. The summed E-state index contributed by atoms with van der Waals surface area (Å²) >= 11 is 0. The molecule has 4 aromatic rings. The lowest BCUT2D eigenvalue weighted by Crippen LogP contribution is -2.03. The fourth-order valence-corrected chi connectivity index (χ4v) is 3.99. The molecule has 0 fully saturated rings. The van der Waals surface area contributed by atoms with Crippen molar-refractivity contribution >= 4 is 20.2 Å². The minimum atomic E-state index is -4.49. The first kappa shape index (κ1) is 21.6. The van der Waals surface area contributed by atoms with E-state index in [0.29, 0.717) is 5.69 Å². The Hall–Kier alpha value is -3.58. The van der Waals surface area contributed by atoms with Gasteiger partial charge in [0.15, 0.2) is 0 Å². The van der Waals surface area contributed by atoms with Crippen molar-refractivity contribution in [3.63, 3.8) is 0 Å². The highest BCUT2D eigenvalue weighted by Crippen LogP contribution is 2.32. The molecule has 4 rings (SSSR count). The summed E-state index contributed by atoms with van der Waals surface area (Å²) in [6, 6.07) is 15.8. The molecule has 0 amide bonds. The van der Waals surface area contributed by atoms with Gasteiger partial charge < -0.3 is 0 Å².